The molecule has 2 rings (SSSR count). The fourth-order valence-electron chi connectivity index (χ4n) is 2.33. The molecule has 0 fully saturated rings. The minimum absolute atomic E-state index is 0.0468. The molecule has 20 heavy (non-hydrogen) atoms. The molecule has 1 aliphatic heterocycles. The van der Waals surface area contributed by atoms with Gasteiger partial charge in [-0.1, -0.05) is 13.3 Å². The van der Waals surface area contributed by atoms with Gasteiger partial charge in [0, 0.05) is 17.8 Å². The van der Waals surface area contributed by atoms with Crippen LogP contribution >= 0.6 is 0 Å². The molecule has 0 aliphatic carbocycles. The number of anilines is 2. The molecule has 0 radical (unpaired) electrons. The summed E-state index contributed by atoms with van der Waals surface area (Å²) in [6.45, 7) is 2.00. The summed E-state index contributed by atoms with van der Waals surface area (Å²) in [5.74, 6) is -0.116. The number of carbonyl (C=O) groups is 2. The highest BCUT2D eigenvalue weighted by Crippen LogP contribution is 2.25. The van der Waals surface area contributed by atoms with Crippen LogP contribution in [-0.4, -0.2) is 17.9 Å². The number of fused-ring (bicyclic) bond motifs is 1. The van der Waals surface area contributed by atoms with E-state index in [1.807, 2.05) is 19.1 Å². The van der Waals surface area contributed by atoms with E-state index in [9.17, 15) is 9.59 Å². The zero-order valence-electron chi connectivity index (χ0n) is 11.7. The number of nitrogens with one attached hydrogen (secondary N) is 2. The van der Waals surface area contributed by atoms with Gasteiger partial charge in [-0.25, -0.2) is 0 Å². The van der Waals surface area contributed by atoms with Crippen molar-refractivity contribution in [2.75, 3.05) is 10.6 Å². The summed E-state index contributed by atoms with van der Waals surface area (Å²) in [7, 11) is 0. The number of rotatable bonds is 4. The van der Waals surface area contributed by atoms with Crippen LogP contribution in [0.2, 0.25) is 0 Å². The van der Waals surface area contributed by atoms with E-state index in [1.165, 1.54) is 0 Å². The van der Waals surface area contributed by atoms with E-state index in [0.717, 1.165) is 36.2 Å². The maximum absolute atomic E-state index is 11.9. The number of hydrogen-bond acceptors (Lipinski definition) is 3. The molecular weight excluding hydrogens is 254 g/mol. The van der Waals surface area contributed by atoms with Crippen molar-refractivity contribution in [3.05, 3.63) is 23.8 Å². The molecule has 5 nitrogen and oxygen atoms in total. The van der Waals surface area contributed by atoms with E-state index in [0.29, 0.717) is 12.8 Å². The van der Waals surface area contributed by atoms with Crippen LogP contribution in [0, 0.1) is 0 Å². The molecule has 1 aromatic carbocycles. The van der Waals surface area contributed by atoms with Gasteiger partial charge < -0.3 is 16.4 Å². The van der Waals surface area contributed by atoms with E-state index in [2.05, 4.69) is 10.6 Å². The molecule has 0 saturated carbocycles. The summed E-state index contributed by atoms with van der Waals surface area (Å²) < 4.78 is 0. The number of amides is 2. The second-order valence-corrected chi connectivity index (χ2v) is 5.16. The minimum atomic E-state index is -0.474. The second-order valence-electron chi connectivity index (χ2n) is 5.16. The largest absolute Gasteiger partial charge is 0.326 e. The van der Waals surface area contributed by atoms with Crippen LogP contribution in [0.15, 0.2) is 18.2 Å². The molecule has 0 spiro atoms. The van der Waals surface area contributed by atoms with Crippen molar-refractivity contribution in [1.29, 1.82) is 0 Å². The van der Waals surface area contributed by atoms with Crippen LogP contribution in [0.3, 0.4) is 0 Å². The lowest BCUT2D eigenvalue weighted by molar-refractivity contribution is -0.117. The summed E-state index contributed by atoms with van der Waals surface area (Å²) in [4.78, 5) is 23.4. The first-order chi connectivity index (χ1) is 9.60. The van der Waals surface area contributed by atoms with Crippen LogP contribution in [0.5, 0.6) is 0 Å². The summed E-state index contributed by atoms with van der Waals surface area (Å²) in [6, 6.07) is 5.07. The third-order valence-corrected chi connectivity index (χ3v) is 3.43. The smallest absolute Gasteiger partial charge is 0.241 e. The summed E-state index contributed by atoms with van der Waals surface area (Å²) in [5, 5.41) is 5.70. The molecule has 5 heteroatoms. The molecule has 2 amide bonds. The predicted octanol–water partition coefficient (Wildman–Crippen LogP) is 2.03. The molecule has 1 aromatic rings. The van der Waals surface area contributed by atoms with Gasteiger partial charge in [0.1, 0.15) is 0 Å². The Hall–Kier alpha value is -1.88. The lowest BCUT2D eigenvalue weighted by Gasteiger charge is -2.13. The third-order valence-electron chi connectivity index (χ3n) is 3.43. The Morgan fingerprint density at radius 1 is 1.45 bits per heavy atom. The van der Waals surface area contributed by atoms with Crippen LogP contribution in [-0.2, 0) is 16.0 Å². The molecule has 108 valence electrons. The van der Waals surface area contributed by atoms with Gasteiger partial charge in [-0.2, -0.15) is 0 Å². The Morgan fingerprint density at radius 2 is 2.25 bits per heavy atom. The third kappa shape index (κ3) is 3.57. The fraction of sp³-hybridized carbons (Fsp3) is 0.467. The molecule has 1 unspecified atom stereocenters. The first-order valence-corrected chi connectivity index (χ1v) is 7.09. The zero-order chi connectivity index (χ0) is 14.5. The number of carbonyl (C=O) groups excluding carboxylic acids is 2. The minimum Gasteiger partial charge on any atom is -0.326 e. The van der Waals surface area contributed by atoms with E-state index in [1.54, 1.807) is 6.07 Å². The lowest BCUT2D eigenvalue weighted by atomic mass is 10.1. The average Bonchev–Trinajstić information content (AvgIpc) is 2.59. The molecular formula is C15H21N3O2. The highest BCUT2D eigenvalue weighted by Gasteiger charge is 2.15. The predicted molar refractivity (Wildman–Crippen MR) is 79.5 cm³/mol. The first kappa shape index (κ1) is 14.5. The number of aryl methyl sites for hydroxylation is 1. The average molecular weight is 275 g/mol. The van der Waals surface area contributed by atoms with Gasteiger partial charge in [0.2, 0.25) is 11.8 Å². The molecule has 1 heterocycles. The SMILES string of the molecule is CCCC(N)C(=O)Nc1ccc2c(c1)CCCC(=O)N2. The Bertz CT molecular complexity index is 514. The van der Waals surface area contributed by atoms with Crippen molar-refractivity contribution in [3.63, 3.8) is 0 Å². The van der Waals surface area contributed by atoms with Gasteiger partial charge in [-0.3, -0.25) is 9.59 Å². The van der Waals surface area contributed by atoms with Crippen molar-refractivity contribution in [3.8, 4) is 0 Å². The van der Waals surface area contributed by atoms with Crippen molar-refractivity contribution < 1.29 is 9.59 Å². The fourth-order valence-corrected chi connectivity index (χ4v) is 2.33. The van der Waals surface area contributed by atoms with Crippen LogP contribution in [0.4, 0.5) is 11.4 Å². The summed E-state index contributed by atoms with van der Waals surface area (Å²) in [5.41, 5.74) is 8.41. The highest BCUT2D eigenvalue weighted by molar-refractivity contribution is 5.96. The number of nitrogens with two attached hydrogens (primary N) is 1. The number of hydrogen-bond donors (Lipinski definition) is 3. The monoisotopic (exact) mass is 275 g/mol. The molecule has 1 atom stereocenters. The Balaban J connectivity index is 2.09. The van der Waals surface area contributed by atoms with E-state index in [4.69, 9.17) is 5.73 Å². The number of benzene rings is 1. The van der Waals surface area contributed by atoms with Gasteiger partial charge in [-0.05, 0) is 43.0 Å². The Morgan fingerprint density at radius 3 is 3.00 bits per heavy atom. The standard InChI is InChI=1S/C15H21N3O2/c1-2-4-12(16)15(20)17-11-7-8-13-10(9-11)5-3-6-14(19)18-13/h7-9,12H,2-6,16H2,1H3,(H,17,20)(H,18,19). The van der Waals surface area contributed by atoms with Gasteiger partial charge in [0.15, 0.2) is 0 Å². The Labute approximate surface area is 118 Å². The topological polar surface area (TPSA) is 84.2 Å². The van der Waals surface area contributed by atoms with Gasteiger partial charge in [0.05, 0.1) is 6.04 Å². The maximum atomic E-state index is 11.9. The van der Waals surface area contributed by atoms with Gasteiger partial charge in [0.25, 0.3) is 0 Å². The summed E-state index contributed by atoms with van der Waals surface area (Å²) in [6.07, 6.45) is 3.75. The van der Waals surface area contributed by atoms with E-state index >= 15 is 0 Å². The normalized spacial score (nSPS) is 15.8. The quantitative estimate of drug-likeness (QED) is 0.786. The van der Waals surface area contributed by atoms with Gasteiger partial charge in [-0.15, -0.1) is 0 Å². The van der Waals surface area contributed by atoms with Crippen LogP contribution in [0.25, 0.3) is 0 Å². The van der Waals surface area contributed by atoms with Crippen molar-refractivity contribution >= 4 is 23.2 Å². The van der Waals surface area contributed by atoms with E-state index < -0.39 is 6.04 Å². The first-order valence-electron chi connectivity index (χ1n) is 7.09. The second kappa shape index (κ2) is 6.52. The van der Waals surface area contributed by atoms with Crippen molar-refractivity contribution in [2.24, 2.45) is 5.73 Å². The summed E-state index contributed by atoms with van der Waals surface area (Å²) >= 11 is 0. The molecule has 0 bridgehead atoms. The molecule has 1 aliphatic rings. The van der Waals surface area contributed by atoms with Crippen LogP contribution < -0.4 is 16.4 Å². The van der Waals surface area contributed by atoms with Crippen molar-refractivity contribution in [1.82, 2.24) is 0 Å². The highest BCUT2D eigenvalue weighted by atomic mass is 16.2. The molecule has 0 aromatic heterocycles. The van der Waals surface area contributed by atoms with Crippen LogP contribution in [0.1, 0.15) is 38.2 Å². The zero-order valence-corrected chi connectivity index (χ0v) is 11.7. The lowest BCUT2D eigenvalue weighted by Crippen LogP contribution is -2.35. The van der Waals surface area contributed by atoms with Gasteiger partial charge >= 0.3 is 0 Å². The molecule has 0 saturated heterocycles. The maximum Gasteiger partial charge on any atom is 0.241 e. The molecule has 4 N–H and O–H groups in total. The Kier molecular flexibility index (Phi) is 4.74. The van der Waals surface area contributed by atoms with Crippen molar-refractivity contribution in [2.45, 2.75) is 45.1 Å². The van der Waals surface area contributed by atoms with E-state index in [-0.39, 0.29) is 11.8 Å².